The molecule has 0 aliphatic heterocycles. The molecule has 2 aromatic carbocycles. The molecule has 0 bridgehead atoms. The summed E-state index contributed by atoms with van der Waals surface area (Å²) in [6.07, 6.45) is 2.26. The second kappa shape index (κ2) is 12.2. The number of benzene rings is 2. The van der Waals surface area contributed by atoms with Crippen molar-refractivity contribution in [2.24, 2.45) is 5.73 Å². The van der Waals surface area contributed by atoms with Gasteiger partial charge in [0.2, 0.25) is 0 Å². The van der Waals surface area contributed by atoms with Gasteiger partial charge in [-0.05, 0) is 68.8 Å². The molecule has 1 atom stereocenters. The van der Waals surface area contributed by atoms with Gasteiger partial charge in [0, 0.05) is 17.3 Å². The minimum Gasteiger partial charge on any atom is -0.619 e. The van der Waals surface area contributed by atoms with Gasteiger partial charge in [-0.2, -0.15) is 4.73 Å². The SMILES string of the molecule is CCOc1cc(C(Nc2ccc(C(=N)N)cc2)C(=O)NNC(=O)c2ccc[n+]([O-])c2)ccc1OC(C)C. The van der Waals surface area contributed by atoms with Gasteiger partial charge >= 0.3 is 0 Å². The quantitative estimate of drug-likeness (QED) is 0.0926. The van der Waals surface area contributed by atoms with Crippen LogP contribution >= 0.6 is 0 Å². The predicted molar refractivity (Wildman–Crippen MR) is 138 cm³/mol. The highest BCUT2D eigenvalue weighted by atomic mass is 16.5. The summed E-state index contributed by atoms with van der Waals surface area (Å²) >= 11 is 0. The minimum atomic E-state index is -0.962. The number of carbonyl (C=O) groups excluding carboxylic acids is 2. The maximum Gasteiger partial charge on any atom is 0.275 e. The van der Waals surface area contributed by atoms with Crippen LogP contribution in [-0.4, -0.2) is 30.4 Å². The summed E-state index contributed by atoms with van der Waals surface area (Å²) in [5.41, 5.74) is 12.0. The maximum atomic E-state index is 13.3. The van der Waals surface area contributed by atoms with Gasteiger partial charge in [0.05, 0.1) is 12.7 Å². The number of nitrogens with one attached hydrogen (secondary N) is 4. The van der Waals surface area contributed by atoms with Crippen molar-refractivity contribution in [1.82, 2.24) is 10.9 Å². The highest BCUT2D eigenvalue weighted by Gasteiger charge is 2.24. The van der Waals surface area contributed by atoms with Crippen molar-refractivity contribution in [3.63, 3.8) is 0 Å². The summed E-state index contributed by atoms with van der Waals surface area (Å²) in [5, 5.41) is 22.2. The number of hydrogen-bond acceptors (Lipinski definition) is 7. The summed E-state index contributed by atoms with van der Waals surface area (Å²) in [6, 6.07) is 13.7. The van der Waals surface area contributed by atoms with Crippen molar-refractivity contribution >= 4 is 23.3 Å². The Morgan fingerprint density at radius 2 is 1.78 bits per heavy atom. The normalized spacial score (nSPS) is 11.4. The smallest absolute Gasteiger partial charge is 0.275 e. The minimum absolute atomic E-state index is 0.0778. The highest BCUT2D eigenvalue weighted by molar-refractivity contribution is 5.96. The number of hydrogen-bond donors (Lipinski definition) is 5. The molecule has 0 aliphatic rings. The number of carbonyl (C=O) groups is 2. The molecule has 194 valence electrons. The lowest BCUT2D eigenvalue weighted by molar-refractivity contribution is -0.605. The van der Waals surface area contributed by atoms with E-state index in [0.717, 1.165) is 6.20 Å². The van der Waals surface area contributed by atoms with Gasteiger partial charge in [-0.1, -0.05) is 6.07 Å². The van der Waals surface area contributed by atoms with E-state index in [1.165, 1.54) is 18.3 Å². The van der Waals surface area contributed by atoms with E-state index in [0.29, 0.717) is 39.7 Å². The molecule has 0 radical (unpaired) electrons. The maximum absolute atomic E-state index is 13.3. The number of anilines is 1. The molecule has 11 heteroatoms. The number of amidine groups is 1. The summed E-state index contributed by atoms with van der Waals surface area (Å²) in [4.78, 5) is 25.7. The number of nitrogens with zero attached hydrogens (tertiary/aromatic N) is 1. The fourth-order valence-corrected chi connectivity index (χ4v) is 3.39. The van der Waals surface area contributed by atoms with Crippen LogP contribution in [0.25, 0.3) is 0 Å². The number of nitrogen functional groups attached to an aromatic ring is 1. The van der Waals surface area contributed by atoms with Crippen LogP contribution < -0.4 is 36.1 Å². The van der Waals surface area contributed by atoms with E-state index in [9.17, 15) is 14.8 Å². The molecule has 11 nitrogen and oxygen atoms in total. The van der Waals surface area contributed by atoms with E-state index in [-0.39, 0.29) is 17.5 Å². The predicted octanol–water partition coefficient (Wildman–Crippen LogP) is 2.40. The molecule has 1 heterocycles. The Kier molecular flexibility index (Phi) is 8.87. The lowest BCUT2D eigenvalue weighted by Crippen LogP contribution is -2.46. The zero-order valence-electron chi connectivity index (χ0n) is 20.8. The van der Waals surface area contributed by atoms with Crippen LogP contribution in [-0.2, 0) is 4.79 Å². The number of nitrogens with two attached hydrogens (primary N) is 1. The molecule has 6 N–H and O–H groups in total. The van der Waals surface area contributed by atoms with Gasteiger partial charge in [-0.3, -0.25) is 25.8 Å². The molecule has 3 aromatic rings. The largest absolute Gasteiger partial charge is 0.619 e. The Morgan fingerprint density at radius 1 is 1.05 bits per heavy atom. The molecule has 3 rings (SSSR count). The van der Waals surface area contributed by atoms with Crippen LogP contribution in [0.1, 0.15) is 48.3 Å². The van der Waals surface area contributed by atoms with Crippen molar-refractivity contribution in [2.75, 3.05) is 11.9 Å². The Morgan fingerprint density at radius 3 is 2.41 bits per heavy atom. The van der Waals surface area contributed by atoms with E-state index >= 15 is 0 Å². The van der Waals surface area contributed by atoms with E-state index < -0.39 is 17.9 Å². The van der Waals surface area contributed by atoms with Gasteiger partial charge in [-0.25, -0.2) is 0 Å². The number of ether oxygens (including phenoxy) is 2. The highest BCUT2D eigenvalue weighted by Crippen LogP contribution is 2.32. The molecule has 0 spiro atoms. The molecule has 0 aliphatic carbocycles. The second-order valence-corrected chi connectivity index (χ2v) is 8.27. The van der Waals surface area contributed by atoms with Gasteiger partial charge in [0.1, 0.15) is 17.4 Å². The van der Waals surface area contributed by atoms with E-state index in [1.54, 1.807) is 42.5 Å². The third-order valence-corrected chi connectivity index (χ3v) is 5.07. The monoisotopic (exact) mass is 506 g/mol. The first-order chi connectivity index (χ1) is 17.7. The van der Waals surface area contributed by atoms with Crippen molar-refractivity contribution in [3.05, 3.63) is 88.9 Å². The van der Waals surface area contributed by atoms with Crippen LogP contribution in [0.2, 0.25) is 0 Å². The number of pyridine rings is 1. The molecular weight excluding hydrogens is 476 g/mol. The van der Waals surface area contributed by atoms with Crippen LogP contribution in [0.15, 0.2) is 67.0 Å². The number of hydrazine groups is 1. The van der Waals surface area contributed by atoms with Crippen molar-refractivity contribution in [1.29, 1.82) is 5.41 Å². The first-order valence-corrected chi connectivity index (χ1v) is 11.6. The fraction of sp³-hybridized carbons (Fsp3) is 0.231. The van der Waals surface area contributed by atoms with Crippen molar-refractivity contribution in [2.45, 2.75) is 32.9 Å². The lowest BCUT2D eigenvalue weighted by atomic mass is 10.0. The molecule has 0 saturated heterocycles. The topological polar surface area (TPSA) is 165 Å². The van der Waals surface area contributed by atoms with Gasteiger partial charge < -0.3 is 25.7 Å². The van der Waals surface area contributed by atoms with Gasteiger partial charge in [-0.15, -0.1) is 0 Å². The van der Waals surface area contributed by atoms with E-state index in [4.69, 9.17) is 20.6 Å². The van der Waals surface area contributed by atoms with Crippen LogP contribution in [0.4, 0.5) is 5.69 Å². The summed E-state index contributed by atoms with van der Waals surface area (Å²) < 4.78 is 12.1. The average Bonchev–Trinajstić information content (AvgIpc) is 2.87. The summed E-state index contributed by atoms with van der Waals surface area (Å²) in [7, 11) is 0. The zero-order valence-corrected chi connectivity index (χ0v) is 20.8. The number of amides is 2. The third kappa shape index (κ3) is 7.34. The van der Waals surface area contributed by atoms with Crippen LogP contribution in [0, 0.1) is 10.6 Å². The van der Waals surface area contributed by atoms with Crippen LogP contribution in [0.3, 0.4) is 0 Å². The second-order valence-electron chi connectivity index (χ2n) is 8.27. The molecule has 37 heavy (non-hydrogen) atoms. The summed E-state index contributed by atoms with van der Waals surface area (Å²) in [5.74, 6) is -0.304. The molecule has 1 aromatic heterocycles. The van der Waals surface area contributed by atoms with Crippen molar-refractivity contribution in [3.8, 4) is 11.5 Å². The average molecular weight is 507 g/mol. The molecule has 0 fully saturated rings. The molecule has 2 amide bonds. The Hall–Kier alpha value is -4.80. The molecule has 1 unspecified atom stereocenters. The zero-order chi connectivity index (χ0) is 26.9. The fourth-order valence-electron chi connectivity index (χ4n) is 3.39. The third-order valence-electron chi connectivity index (χ3n) is 5.07. The number of aromatic nitrogens is 1. The summed E-state index contributed by atoms with van der Waals surface area (Å²) in [6.45, 7) is 6.03. The van der Waals surface area contributed by atoms with E-state index in [1.807, 2.05) is 20.8 Å². The standard InChI is InChI=1S/C26H30N6O5/c1-4-36-22-14-18(9-12-21(22)37-16(2)3)23(29-20-10-7-17(8-11-20)24(27)28)26(34)31-30-25(33)19-6-5-13-32(35)15-19/h5-16,23,29H,4H2,1-3H3,(H3,27,28)(H,30,33)(H,31,34). The van der Waals surface area contributed by atoms with Crippen LogP contribution in [0.5, 0.6) is 11.5 Å². The number of rotatable bonds is 10. The Bertz CT molecular complexity index is 1260. The first kappa shape index (κ1) is 26.8. The van der Waals surface area contributed by atoms with Crippen molar-refractivity contribution < 1.29 is 23.8 Å². The molecular formula is C26H30N6O5. The molecule has 0 saturated carbocycles. The Labute approximate surface area is 214 Å². The lowest BCUT2D eigenvalue weighted by Gasteiger charge is -2.22. The van der Waals surface area contributed by atoms with E-state index in [2.05, 4.69) is 16.2 Å². The first-order valence-electron chi connectivity index (χ1n) is 11.6. The Balaban J connectivity index is 1.89. The van der Waals surface area contributed by atoms with Gasteiger partial charge in [0.25, 0.3) is 11.8 Å². The van der Waals surface area contributed by atoms with Gasteiger partial charge in [0.15, 0.2) is 23.9 Å².